The first kappa shape index (κ1) is 18.4. The Kier molecular flexibility index (Phi) is 5.96. The Bertz CT molecular complexity index is 686. The van der Waals surface area contributed by atoms with Gasteiger partial charge in [-0.2, -0.15) is 0 Å². The zero-order valence-corrected chi connectivity index (χ0v) is 14.3. The summed E-state index contributed by atoms with van der Waals surface area (Å²) in [6, 6.07) is 4.50. The van der Waals surface area contributed by atoms with Crippen LogP contribution in [0.3, 0.4) is 0 Å². The second-order valence-electron chi connectivity index (χ2n) is 4.95. The van der Waals surface area contributed by atoms with E-state index in [0.717, 1.165) is 0 Å². The fourth-order valence-corrected chi connectivity index (χ4v) is 3.23. The number of halogens is 1. The van der Waals surface area contributed by atoms with Crippen molar-refractivity contribution >= 4 is 33.5 Å². The lowest BCUT2D eigenvalue weighted by molar-refractivity contribution is -0.144. The third-order valence-corrected chi connectivity index (χ3v) is 5.53. The molecule has 1 N–H and O–H groups in total. The van der Waals surface area contributed by atoms with Crippen molar-refractivity contribution in [1.29, 1.82) is 0 Å². The number of benzene rings is 1. The summed E-state index contributed by atoms with van der Waals surface area (Å²) >= 11 is 5.80. The topological polar surface area (TPSA) is 89.5 Å². The molecule has 2 unspecified atom stereocenters. The maximum Gasteiger partial charge on any atom is 0.309 e. The highest BCUT2D eigenvalue weighted by Gasteiger charge is 2.33. The van der Waals surface area contributed by atoms with Gasteiger partial charge in [0, 0.05) is 10.6 Å². The SMILES string of the molecule is COC(=O)C(C)C(C)S(=O)(=O)NC(=O)c1ccc(Cl)cc1C. The summed E-state index contributed by atoms with van der Waals surface area (Å²) in [5.74, 6) is -2.33. The van der Waals surface area contributed by atoms with E-state index in [1.165, 1.54) is 33.1 Å². The number of esters is 1. The van der Waals surface area contributed by atoms with Gasteiger partial charge in [0.15, 0.2) is 0 Å². The second kappa shape index (κ2) is 7.11. The molecule has 6 nitrogen and oxygen atoms in total. The van der Waals surface area contributed by atoms with E-state index in [1.54, 1.807) is 13.0 Å². The van der Waals surface area contributed by atoms with Crippen LogP contribution in [0, 0.1) is 12.8 Å². The molecule has 2 atom stereocenters. The minimum atomic E-state index is -4.02. The largest absolute Gasteiger partial charge is 0.469 e. The maximum atomic E-state index is 12.2. The molecular formula is C14H18ClNO5S. The van der Waals surface area contributed by atoms with Crippen molar-refractivity contribution in [3.63, 3.8) is 0 Å². The van der Waals surface area contributed by atoms with E-state index >= 15 is 0 Å². The molecule has 0 aliphatic carbocycles. The smallest absolute Gasteiger partial charge is 0.309 e. The monoisotopic (exact) mass is 347 g/mol. The van der Waals surface area contributed by atoms with Crippen LogP contribution in [0.5, 0.6) is 0 Å². The summed E-state index contributed by atoms with van der Waals surface area (Å²) in [6.07, 6.45) is 0. The molecule has 0 aromatic heterocycles. The van der Waals surface area contributed by atoms with Crippen LogP contribution < -0.4 is 4.72 Å². The van der Waals surface area contributed by atoms with Crippen LogP contribution in [0.4, 0.5) is 0 Å². The van der Waals surface area contributed by atoms with E-state index in [4.69, 9.17) is 11.6 Å². The van der Waals surface area contributed by atoms with Crippen LogP contribution in [0.1, 0.15) is 29.8 Å². The van der Waals surface area contributed by atoms with Gasteiger partial charge in [0.2, 0.25) is 10.0 Å². The van der Waals surface area contributed by atoms with E-state index in [1.807, 2.05) is 4.72 Å². The third-order valence-electron chi connectivity index (χ3n) is 3.43. The van der Waals surface area contributed by atoms with Gasteiger partial charge in [-0.3, -0.25) is 9.59 Å². The van der Waals surface area contributed by atoms with Crippen molar-refractivity contribution in [2.24, 2.45) is 5.92 Å². The van der Waals surface area contributed by atoms with E-state index < -0.39 is 33.1 Å². The van der Waals surface area contributed by atoms with Crippen LogP contribution in [-0.4, -0.2) is 32.7 Å². The minimum absolute atomic E-state index is 0.200. The molecule has 0 bridgehead atoms. The highest BCUT2D eigenvalue weighted by Crippen LogP contribution is 2.17. The van der Waals surface area contributed by atoms with Gasteiger partial charge in [0.1, 0.15) is 0 Å². The molecule has 0 heterocycles. The van der Waals surface area contributed by atoms with Gasteiger partial charge in [-0.15, -0.1) is 0 Å². The van der Waals surface area contributed by atoms with Crippen molar-refractivity contribution in [2.45, 2.75) is 26.0 Å². The van der Waals surface area contributed by atoms with Gasteiger partial charge >= 0.3 is 5.97 Å². The fraction of sp³-hybridized carbons (Fsp3) is 0.429. The van der Waals surface area contributed by atoms with Crippen LogP contribution in [0.25, 0.3) is 0 Å². The highest BCUT2D eigenvalue weighted by atomic mass is 35.5. The predicted molar refractivity (Wildman–Crippen MR) is 83.2 cm³/mol. The fourth-order valence-electron chi connectivity index (χ4n) is 1.81. The zero-order chi connectivity index (χ0) is 17.1. The Morgan fingerprint density at radius 2 is 1.86 bits per heavy atom. The number of sulfonamides is 1. The van der Waals surface area contributed by atoms with Gasteiger partial charge in [-0.05, 0) is 37.6 Å². The van der Waals surface area contributed by atoms with Gasteiger partial charge < -0.3 is 4.74 Å². The van der Waals surface area contributed by atoms with E-state index in [-0.39, 0.29) is 5.56 Å². The van der Waals surface area contributed by atoms with Gasteiger partial charge in [0.05, 0.1) is 18.3 Å². The van der Waals surface area contributed by atoms with E-state index in [9.17, 15) is 18.0 Å². The van der Waals surface area contributed by atoms with Crippen molar-refractivity contribution in [1.82, 2.24) is 4.72 Å². The molecule has 1 aromatic rings. The number of rotatable bonds is 5. The number of aryl methyl sites for hydroxylation is 1. The molecule has 8 heteroatoms. The van der Waals surface area contributed by atoms with E-state index in [2.05, 4.69) is 4.74 Å². The first-order chi connectivity index (χ1) is 10.1. The lowest BCUT2D eigenvalue weighted by Gasteiger charge is -2.19. The Balaban J connectivity index is 2.96. The zero-order valence-electron chi connectivity index (χ0n) is 12.7. The molecule has 0 radical (unpaired) electrons. The lowest BCUT2D eigenvalue weighted by Crippen LogP contribution is -2.42. The number of nitrogens with one attached hydrogen (secondary N) is 1. The van der Waals surface area contributed by atoms with Crippen LogP contribution in [-0.2, 0) is 19.6 Å². The molecule has 0 saturated heterocycles. The third kappa shape index (κ3) is 4.20. The molecule has 0 aliphatic rings. The molecule has 0 fully saturated rings. The minimum Gasteiger partial charge on any atom is -0.469 e. The number of amides is 1. The first-order valence-corrected chi connectivity index (χ1v) is 8.42. The highest BCUT2D eigenvalue weighted by molar-refractivity contribution is 7.90. The Hall–Kier alpha value is -1.60. The Labute approximate surface area is 134 Å². The second-order valence-corrected chi connectivity index (χ2v) is 7.43. The summed E-state index contributed by atoms with van der Waals surface area (Å²) in [6.45, 7) is 4.41. The number of hydrogen-bond acceptors (Lipinski definition) is 5. The van der Waals surface area contributed by atoms with Crippen molar-refractivity contribution in [3.05, 3.63) is 34.3 Å². The average molecular weight is 348 g/mol. The number of carbonyl (C=O) groups is 2. The van der Waals surface area contributed by atoms with Crippen LogP contribution in [0.2, 0.25) is 5.02 Å². The van der Waals surface area contributed by atoms with Gasteiger partial charge in [-0.1, -0.05) is 18.5 Å². The van der Waals surface area contributed by atoms with Gasteiger partial charge in [-0.25, -0.2) is 13.1 Å². The average Bonchev–Trinajstić information content (AvgIpc) is 2.43. The lowest BCUT2D eigenvalue weighted by atomic mass is 10.1. The molecule has 1 rings (SSSR count). The van der Waals surface area contributed by atoms with Gasteiger partial charge in [0.25, 0.3) is 5.91 Å². The summed E-state index contributed by atoms with van der Waals surface area (Å²) < 4.78 is 30.9. The van der Waals surface area contributed by atoms with Crippen LogP contribution >= 0.6 is 11.6 Å². The molecule has 0 spiro atoms. The summed E-state index contributed by atoms with van der Waals surface area (Å²) in [5, 5.41) is -0.666. The number of carbonyl (C=O) groups excluding carboxylic acids is 2. The summed E-state index contributed by atoms with van der Waals surface area (Å²) in [5.41, 5.74) is 0.750. The molecular weight excluding hydrogens is 330 g/mol. The van der Waals surface area contributed by atoms with Crippen molar-refractivity contribution < 1.29 is 22.7 Å². The molecule has 22 heavy (non-hydrogen) atoms. The molecule has 0 saturated carbocycles. The predicted octanol–water partition coefficient (Wildman–Crippen LogP) is 1.91. The Morgan fingerprint density at radius 3 is 2.36 bits per heavy atom. The molecule has 1 aromatic carbocycles. The Morgan fingerprint density at radius 1 is 1.27 bits per heavy atom. The molecule has 1 amide bonds. The number of hydrogen-bond donors (Lipinski definition) is 1. The molecule has 0 aliphatic heterocycles. The quantitative estimate of drug-likeness (QED) is 0.822. The normalized spacial score (nSPS) is 14.0. The summed E-state index contributed by atoms with van der Waals surface area (Å²) in [4.78, 5) is 23.5. The standard InChI is InChI=1S/C14H18ClNO5S/c1-8-7-11(15)5-6-12(8)13(17)16-22(19,20)10(3)9(2)14(18)21-4/h5-7,9-10H,1-4H3,(H,16,17). The van der Waals surface area contributed by atoms with E-state index in [0.29, 0.717) is 10.6 Å². The van der Waals surface area contributed by atoms with Crippen LogP contribution in [0.15, 0.2) is 18.2 Å². The maximum absolute atomic E-state index is 12.2. The molecule has 122 valence electrons. The summed E-state index contributed by atoms with van der Waals surface area (Å²) in [7, 11) is -2.85. The first-order valence-electron chi connectivity index (χ1n) is 6.50. The number of methoxy groups -OCH3 is 1. The number of ether oxygens (including phenoxy) is 1. The van der Waals surface area contributed by atoms with Crippen molar-refractivity contribution in [2.75, 3.05) is 7.11 Å². The van der Waals surface area contributed by atoms with Crippen molar-refractivity contribution in [3.8, 4) is 0 Å².